The highest BCUT2D eigenvalue weighted by Crippen LogP contribution is 2.15. The van der Waals surface area contributed by atoms with Gasteiger partial charge in [-0.15, -0.1) is 0 Å². The third kappa shape index (κ3) is 58.6. The summed E-state index contributed by atoms with van der Waals surface area (Å²) in [5.74, 6) is -0.911. The molecule has 0 aliphatic heterocycles. The summed E-state index contributed by atoms with van der Waals surface area (Å²) in [7, 11) is 0. The van der Waals surface area contributed by atoms with Crippen LogP contribution in [0.15, 0.2) is 122 Å². The molecule has 0 amide bonds. The quantitative estimate of drug-likeness (QED) is 0.0261. The number of carbonyl (C=O) groups excluding carboxylic acids is 3. The van der Waals surface area contributed by atoms with Gasteiger partial charge < -0.3 is 14.2 Å². The number of hydrogen-bond donors (Lipinski definition) is 0. The first-order valence-electron chi connectivity index (χ1n) is 30.0. The minimum absolute atomic E-state index is 0.0848. The molecule has 0 aliphatic carbocycles. The normalized spacial score (nSPS) is 13.0. The minimum Gasteiger partial charge on any atom is -0.462 e. The Balaban J connectivity index is 4.13. The molecule has 0 bridgehead atoms. The Morgan fingerprint density at radius 1 is 0.288 bits per heavy atom. The largest absolute Gasteiger partial charge is 0.462 e. The van der Waals surface area contributed by atoms with Gasteiger partial charge in [-0.25, -0.2) is 0 Å². The number of hydrogen-bond acceptors (Lipinski definition) is 6. The van der Waals surface area contributed by atoms with E-state index in [1.54, 1.807) is 0 Å². The first-order chi connectivity index (χ1) is 36.0. The topological polar surface area (TPSA) is 78.9 Å². The van der Waals surface area contributed by atoms with Crippen LogP contribution < -0.4 is 0 Å². The third-order valence-corrected chi connectivity index (χ3v) is 12.5. The van der Waals surface area contributed by atoms with E-state index in [4.69, 9.17) is 14.2 Å². The Morgan fingerprint density at radius 2 is 0.534 bits per heavy atom. The average molecular weight is 1010 g/mol. The first-order valence-corrected chi connectivity index (χ1v) is 30.0. The number of esters is 3. The molecule has 73 heavy (non-hydrogen) atoms. The fraction of sp³-hybridized carbons (Fsp3) is 0.657. The van der Waals surface area contributed by atoms with E-state index >= 15 is 0 Å². The van der Waals surface area contributed by atoms with Crippen LogP contribution in [0.5, 0.6) is 0 Å². The van der Waals surface area contributed by atoms with Crippen molar-refractivity contribution in [2.45, 2.75) is 271 Å². The average Bonchev–Trinajstić information content (AvgIpc) is 3.39. The molecule has 6 nitrogen and oxygen atoms in total. The molecular weight excluding hydrogens is 901 g/mol. The minimum atomic E-state index is -0.784. The smallest absolute Gasteiger partial charge is 0.306 e. The summed E-state index contributed by atoms with van der Waals surface area (Å²) >= 11 is 0. The second kappa shape index (κ2) is 60.4. The third-order valence-electron chi connectivity index (χ3n) is 12.5. The van der Waals surface area contributed by atoms with Crippen LogP contribution in [-0.4, -0.2) is 37.2 Å². The second-order valence-electron chi connectivity index (χ2n) is 19.5. The molecule has 0 aliphatic rings. The van der Waals surface area contributed by atoms with Gasteiger partial charge in [0.25, 0.3) is 0 Å². The highest BCUT2D eigenvalue weighted by molar-refractivity contribution is 5.71. The molecule has 0 aromatic rings. The van der Waals surface area contributed by atoms with Gasteiger partial charge in [-0.3, -0.25) is 14.4 Å². The lowest BCUT2D eigenvalue weighted by Crippen LogP contribution is -2.30. The summed E-state index contributed by atoms with van der Waals surface area (Å²) in [5, 5.41) is 0. The summed E-state index contributed by atoms with van der Waals surface area (Å²) in [5.41, 5.74) is 0. The molecule has 0 saturated heterocycles. The van der Waals surface area contributed by atoms with E-state index in [0.29, 0.717) is 19.3 Å². The van der Waals surface area contributed by atoms with Crippen LogP contribution in [-0.2, 0) is 28.6 Å². The molecule has 0 radical (unpaired) electrons. The van der Waals surface area contributed by atoms with Gasteiger partial charge in [-0.2, -0.15) is 0 Å². The lowest BCUT2D eigenvalue weighted by molar-refractivity contribution is -0.167. The zero-order valence-corrected chi connectivity index (χ0v) is 47.4. The maximum absolute atomic E-state index is 12.8. The fourth-order valence-electron chi connectivity index (χ4n) is 8.03. The van der Waals surface area contributed by atoms with Crippen LogP contribution in [0, 0.1) is 0 Å². The van der Waals surface area contributed by atoms with Gasteiger partial charge in [0.15, 0.2) is 6.10 Å². The van der Waals surface area contributed by atoms with Gasteiger partial charge in [0.2, 0.25) is 0 Å². The van der Waals surface area contributed by atoms with Crippen molar-refractivity contribution in [3.63, 3.8) is 0 Å². The zero-order chi connectivity index (χ0) is 52.9. The van der Waals surface area contributed by atoms with E-state index < -0.39 is 6.10 Å². The lowest BCUT2D eigenvalue weighted by Gasteiger charge is -2.18. The molecule has 414 valence electrons. The monoisotopic (exact) mass is 1010 g/mol. The van der Waals surface area contributed by atoms with Crippen molar-refractivity contribution in [2.24, 2.45) is 0 Å². The van der Waals surface area contributed by atoms with Gasteiger partial charge in [-0.1, -0.05) is 258 Å². The Morgan fingerprint density at radius 3 is 0.836 bits per heavy atom. The summed E-state index contributed by atoms with van der Waals surface area (Å²) < 4.78 is 16.7. The summed E-state index contributed by atoms with van der Waals surface area (Å²) in [6.07, 6.45) is 83.8. The van der Waals surface area contributed by atoms with Crippen molar-refractivity contribution < 1.29 is 28.6 Å². The number of allylic oxidation sites excluding steroid dienone is 20. The van der Waals surface area contributed by atoms with Crippen molar-refractivity contribution in [2.75, 3.05) is 13.2 Å². The highest BCUT2D eigenvalue weighted by atomic mass is 16.6. The molecule has 0 saturated carbocycles. The fourth-order valence-corrected chi connectivity index (χ4v) is 8.03. The van der Waals surface area contributed by atoms with Crippen LogP contribution in [0.1, 0.15) is 265 Å². The van der Waals surface area contributed by atoms with Crippen molar-refractivity contribution >= 4 is 17.9 Å². The number of ether oxygens (including phenoxy) is 3. The first kappa shape index (κ1) is 68.8. The van der Waals surface area contributed by atoms with Gasteiger partial charge in [0.05, 0.1) is 0 Å². The Kier molecular flexibility index (Phi) is 56.9. The predicted octanol–water partition coefficient (Wildman–Crippen LogP) is 20.4. The van der Waals surface area contributed by atoms with E-state index in [2.05, 4.69) is 142 Å². The molecule has 0 aromatic carbocycles. The number of rotatable bonds is 53. The number of carbonyl (C=O) groups is 3. The molecule has 0 rings (SSSR count). The molecule has 0 fully saturated rings. The Labute approximate surface area is 450 Å². The van der Waals surface area contributed by atoms with Crippen LogP contribution in [0.3, 0.4) is 0 Å². The lowest BCUT2D eigenvalue weighted by atomic mass is 10.1. The van der Waals surface area contributed by atoms with Crippen molar-refractivity contribution in [1.82, 2.24) is 0 Å². The van der Waals surface area contributed by atoms with Crippen LogP contribution in [0.4, 0.5) is 0 Å². The number of unbranched alkanes of at least 4 members (excludes halogenated alkanes) is 22. The van der Waals surface area contributed by atoms with Crippen molar-refractivity contribution in [3.8, 4) is 0 Å². The van der Waals surface area contributed by atoms with Gasteiger partial charge in [0, 0.05) is 19.3 Å². The molecule has 0 spiro atoms. The van der Waals surface area contributed by atoms with E-state index in [1.807, 2.05) is 0 Å². The highest BCUT2D eigenvalue weighted by Gasteiger charge is 2.19. The molecule has 1 atom stereocenters. The van der Waals surface area contributed by atoms with Crippen LogP contribution in [0.25, 0.3) is 0 Å². The second-order valence-corrected chi connectivity index (χ2v) is 19.5. The van der Waals surface area contributed by atoms with E-state index in [9.17, 15) is 14.4 Å². The summed E-state index contributed by atoms with van der Waals surface area (Å²) in [6, 6.07) is 0. The van der Waals surface area contributed by atoms with Crippen LogP contribution >= 0.6 is 0 Å². The maximum Gasteiger partial charge on any atom is 0.306 e. The molecule has 0 heterocycles. The Hall–Kier alpha value is -4.19. The zero-order valence-electron chi connectivity index (χ0n) is 47.4. The predicted molar refractivity (Wildman–Crippen MR) is 316 cm³/mol. The van der Waals surface area contributed by atoms with Gasteiger partial charge >= 0.3 is 17.9 Å². The van der Waals surface area contributed by atoms with Gasteiger partial charge in [0.1, 0.15) is 13.2 Å². The standard InChI is InChI=1S/C67H110O6/c1-4-7-10-13-15-17-19-21-23-25-27-29-31-33-35-37-39-41-43-45-47-49-51-54-57-60-66(69)72-63-64(62-71-65(68)59-56-53-12-9-6-3)73-67(70)61-58-55-52-50-48-46-44-42-40-38-36-34-32-30-28-26-24-22-20-18-16-14-11-8-5-2/h7-8,10-11,15-18,21-24,27-30,33-36,64H,4-6,9,12-14,19-20,25-26,31-32,37-63H2,1-3H3/b10-7-,11-8-,17-15-,18-16-,23-21-,24-22-,29-27-,30-28-,35-33-,36-34-. The molecular formula is C67H110O6. The molecule has 1 unspecified atom stereocenters. The molecule has 0 N–H and O–H groups in total. The van der Waals surface area contributed by atoms with Crippen molar-refractivity contribution in [1.29, 1.82) is 0 Å². The Bertz CT molecular complexity index is 1540. The van der Waals surface area contributed by atoms with E-state index in [1.165, 1.54) is 83.5 Å². The van der Waals surface area contributed by atoms with Crippen molar-refractivity contribution in [3.05, 3.63) is 122 Å². The SMILES string of the molecule is CC/C=C\C/C=C\C/C=C\C/C=C\C/C=C\CCCCCCCCCCCC(=O)OCC(COC(=O)CCCCCCC)OC(=O)CCCCCCCCCCC/C=C\C/C=C\C/C=C\C/C=C\C/C=C\CC. The molecule has 0 aromatic heterocycles. The van der Waals surface area contributed by atoms with E-state index in [-0.39, 0.29) is 31.1 Å². The summed E-state index contributed by atoms with van der Waals surface area (Å²) in [4.78, 5) is 37.9. The van der Waals surface area contributed by atoms with Crippen LogP contribution in [0.2, 0.25) is 0 Å². The maximum atomic E-state index is 12.8. The summed E-state index contributed by atoms with van der Waals surface area (Å²) in [6.45, 7) is 6.32. The van der Waals surface area contributed by atoms with Gasteiger partial charge in [-0.05, 0) is 109 Å². The van der Waals surface area contributed by atoms with E-state index in [0.717, 1.165) is 141 Å². The molecule has 6 heteroatoms.